The first kappa shape index (κ1) is 21.8. The molecule has 4 unspecified atom stereocenters. The van der Waals surface area contributed by atoms with Crippen LogP contribution in [0.15, 0.2) is 35.3 Å². The van der Waals surface area contributed by atoms with Crippen LogP contribution in [0.25, 0.3) is 0 Å². The Labute approximate surface area is 186 Å². The van der Waals surface area contributed by atoms with Crippen LogP contribution in [0.5, 0.6) is 0 Å². The lowest BCUT2D eigenvalue weighted by molar-refractivity contribution is -0.171. The molecule has 0 radical (unpaired) electrons. The van der Waals surface area contributed by atoms with Gasteiger partial charge in [-0.25, -0.2) is 0 Å². The molecule has 1 spiro atoms. The smallest absolute Gasteiger partial charge is 0.191 e. The number of rotatable bonds is 7. The maximum atomic E-state index is 6.01. The first-order valence-corrected chi connectivity index (χ1v) is 10.5. The molecular weight excluding hydrogens is 465 g/mol. The first-order valence-electron chi connectivity index (χ1n) is 10.5. The van der Waals surface area contributed by atoms with E-state index in [0.717, 1.165) is 32.1 Å². The van der Waals surface area contributed by atoms with Crippen LogP contribution >= 0.6 is 24.0 Å². The second-order valence-corrected chi connectivity index (χ2v) is 8.23. The van der Waals surface area contributed by atoms with Crippen LogP contribution in [0, 0.1) is 11.3 Å². The number of hydrogen-bond acceptors (Lipinski definition) is 3. The number of halogens is 1. The van der Waals surface area contributed by atoms with Crippen LogP contribution in [0.1, 0.15) is 50.7 Å². The van der Waals surface area contributed by atoms with Crippen molar-refractivity contribution in [2.24, 2.45) is 16.3 Å². The van der Waals surface area contributed by atoms with Crippen molar-refractivity contribution in [3.63, 3.8) is 0 Å². The molecule has 1 aliphatic heterocycles. The number of nitrogens with zero attached hydrogens (tertiary/aromatic N) is 1. The van der Waals surface area contributed by atoms with E-state index in [9.17, 15) is 0 Å². The van der Waals surface area contributed by atoms with E-state index in [4.69, 9.17) is 9.47 Å². The van der Waals surface area contributed by atoms with E-state index >= 15 is 0 Å². The highest BCUT2D eigenvalue weighted by atomic mass is 127. The van der Waals surface area contributed by atoms with Crippen molar-refractivity contribution in [1.29, 1.82) is 0 Å². The molecule has 156 valence electrons. The first-order chi connectivity index (χ1) is 13.2. The molecular formula is C22H34IN3O2. The molecule has 0 bridgehead atoms. The molecule has 4 rings (SSSR count). The minimum absolute atomic E-state index is 0. The predicted octanol–water partition coefficient (Wildman–Crippen LogP) is 3.89. The van der Waals surface area contributed by atoms with Gasteiger partial charge < -0.3 is 20.1 Å². The molecule has 4 atom stereocenters. The Morgan fingerprint density at radius 3 is 2.79 bits per heavy atom. The van der Waals surface area contributed by atoms with Crippen molar-refractivity contribution >= 4 is 29.9 Å². The van der Waals surface area contributed by atoms with Gasteiger partial charge in [-0.15, -0.1) is 24.0 Å². The third-order valence-corrected chi connectivity index (χ3v) is 6.80. The van der Waals surface area contributed by atoms with Crippen LogP contribution in [0.2, 0.25) is 0 Å². The van der Waals surface area contributed by atoms with E-state index in [0.29, 0.717) is 23.5 Å². The van der Waals surface area contributed by atoms with E-state index in [2.05, 4.69) is 46.8 Å². The maximum absolute atomic E-state index is 6.01. The van der Waals surface area contributed by atoms with Crippen molar-refractivity contribution in [3.8, 4) is 0 Å². The third-order valence-electron chi connectivity index (χ3n) is 6.80. The zero-order chi connectivity index (χ0) is 18.7. The van der Waals surface area contributed by atoms with Gasteiger partial charge >= 0.3 is 0 Å². The molecule has 0 aromatic heterocycles. The highest BCUT2D eigenvalue weighted by molar-refractivity contribution is 14.0. The molecule has 0 amide bonds. The van der Waals surface area contributed by atoms with Gasteiger partial charge in [0.1, 0.15) is 0 Å². The normalized spacial score (nSPS) is 28.5. The van der Waals surface area contributed by atoms with Crippen molar-refractivity contribution < 1.29 is 9.47 Å². The van der Waals surface area contributed by atoms with Gasteiger partial charge in [-0.1, -0.05) is 36.8 Å². The second-order valence-electron chi connectivity index (χ2n) is 8.23. The number of hydrogen-bond donors (Lipinski definition) is 2. The minimum Gasteiger partial charge on any atom is -0.377 e. The molecule has 1 heterocycles. The van der Waals surface area contributed by atoms with Gasteiger partial charge in [-0.2, -0.15) is 0 Å². The van der Waals surface area contributed by atoms with Gasteiger partial charge in [-0.05, 0) is 38.2 Å². The topological polar surface area (TPSA) is 54.9 Å². The number of ether oxygens (including phenoxy) is 2. The highest BCUT2D eigenvalue weighted by Crippen LogP contribution is 2.62. The van der Waals surface area contributed by atoms with E-state index in [1.54, 1.807) is 0 Å². The van der Waals surface area contributed by atoms with E-state index in [1.165, 1.54) is 31.2 Å². The Hall–Kier alpha value is -0.860. The Morgan fingerprint density at radius 2 is 2.11 bits per heavy atom. The summed E-state index contributed by atoms with van der Waals surface area (Å²) in [6.07, 6.45) is 6.72. The number of fused-ring (bicyclic) bond motifs is 2. The molecule has 28 heavy (non-hydrogen) atoms. The van der Waals surface area contributed by atoms with Gasteiger partial charge in [0.05, 0.1) is 12.2 Å². The number of aliphatic imine (C=N–C) groups is 1. The summed E-state index contributed by atoms with van der Waals surface area (Å²) in [5, 5.41) is 7.18. The van der Waals surface area contributed by atoms with Crippen molar-refractivity contribution in [3.05, 3.63) is 35.9 Å². The van der Waals surface area contributed by atoms with Crippen LogP contribution in [-0.2, 0) is 9.47 Å². The average Bonchev–Trinajstić information content (AvgIpc) is 3.08. The Morgan fingerprint density at radius 1 is 1.32 bits per heavy atom. The minimum atomic E-state index is 0. The molecule has 2 saturated carbocycles. The number of benzene rings is 1. The molecule has 2 N–H and O–H groups in total. The highest BCUT2D eigenvalue weighted by Gasteiger charge is 2.66. The average molecular weight is 499 g/mol. The summed E-state index contributed by atoms with van der Waals surface area (Å²) >= 11 is 0. The summed E-state index contributed by atoms with van der Waals surface area (Å²) < 4.78 is 12.0. The largest absolute Gasteiger partial charge is 0.377 e. The summed E-state index contributed by atoms with van der Waals surface area (Å²) in [4.78, 5) is 4.44. The van der Waals surface area contributed by atoms with E-state index < -0.39 is 0 Å². The summed E-state index contributed by atoms with van der Waals surface area (Å²) in [5.41, 5.74) is 1.61. The molecule has 1 aromatic carbocycles. The Balaban J connectivity index is 0.00000225. The van der Waals surface area contributed by atoms with Gasteiger partial charge in [0.15, 0.2) is 5.96 Å². The molecule has 1 saturated heterocycles. The lowest BCUT2D eigenvalue weighted by atomic mass is 9.46. The SMILES string of the molecule is CN=C(NCCCOC(C)c1ccccc1)NC1C2CCOC2C12CCC2.I. The van der Waals surface area contributed by atoms with Crippen LogP contribution in [0.3, 0.4) is 0 Å². The van der Waals surface area contributed by atoms with Gasteiger partial charge in [0.2, 0.25) is 0 Å². The van der Waals surface area contributed by atoms with Gasteiger partial charge in [0.25, 0.3) is 0 Å². The van der Waals surface area contributed by atoms with Crippen LogP contribution in [0.4, 0.5) is 0 Å². The van der Waals surface area contributed by atoms with Crippen LogP contribution in [-0.4, -0.2) is 44.9 Å². The van der Waals surface area contributed by atoms with Crippen LogP contribution < -0.4 is 10.6 Å². The van der Waals surface area contributed by atoms with Crippen molar-refractivity contribution in [1.82, 2.24) is 10.6 Å². The zero-order valence-electron chi connectivity index (χ0n) is 17.0. The summed E-state index contributed by atoms with van der Waals surface area (Å²) in [7, 11) is 1.86. The summed E-state index contributed by atoms with van der Waals surface area (Å²) in [5.74, 6) is 1.59. The second kappa shape index (κ2) is 9.76. The maximum Gasteiger partial charge on any atom is 0.191 e. The molecule has 3 aliphatic rings. The summed E-state index contributed by atoms with van der Waals surface area (Å²) in [6.45, 7) is 4.65. The number of nitrogens with one attached hydrogen (secondary N) is 2. The zero-order valence-corrected chi connectivity index (χ0v) is 19.4. The fraction of sp³-hybridized carbons (Fsp3) is 0.682. The quantitative estimate of drug-likeness (QED) is 0.259. The molecule has 5 nitrogen and oxygen atoms in total. The fourth-order valence-corrected chi connectivity index (χ4v) is 5.16. The summed E-state index contributed by atoms with van der Waals surface area (Å²) in [6, 6.07) is 10.9. The monoisotopic (exact) mass is 499 g/mol. The molecule has 1 aromatic rings. The molecule has 6 heteroatoms. The fourth-order valence-electron chi connectivity index (χ4n) is 5.16. The molecule has 3 fully saturated rings. The Bertz CT molecular complexity index is 650. The predicted molar refractivity (Wildman–Crippen MR) is 123 cm³/mol. The molecule has 2 aliphatic carbocycles. The van der Waals surface area contributed by atoms with E-state index in [1.807, 2.05) is 13.1 Å². The van der Waals surface area contributed by atoms with Crippen molar-refractivity contribution in [2.45, 2.75) is 57.3 Å². The Kier molecular flexibility index (Phi) is 7.61. The van der Waals surface area contributed by atoms with Gasteiger partial charge in [0, 0.05) is 44.2 Å². The van der Waals surface area contributed by atoms with Gasteiger partial charge in [-0.3, -0.25) is 4.99 Å². The van der Waals surface area contributed by atoms with E-state index in [-0.39, 0.29) is 30.1 Å². The number of guanidine groups is 1. The third kappa shape index (κ3) is 4.19. The lowest BCUT2D eigenvalue weighted by Gasteiger charge is -2.63. The van der Waals surface area contributed by atoms with Crippen molar-refractivity contribution in [2.75, 3.05) is 26.8 Å². The lowest BCUT2D eigenvalue weighted by Crippen LogP contribution is -2.72. The standard InChI is InChI=1S/C22H33N3O2.HI/c1-16(17-8-4-3-5-9-17)26-14-7-13-24-21(23-2)25-19-18-10-15-27-20(18)22(19)11-6-12-22;/h3-5,8-9,16,18-20H,6-7,10-15H2,1-2H3,(H2,23,24,25);1H.